The molecule has 1 aliphatic rings. The first kappa shape index (κ1) is 16.4. The van der Waals surface area contributed by atoms with Gasteiger partial charge >= 0.3 is 0 Å². The first-order valence-electron chi connectivity index (χ1n) is 7.31. The van der Waals surface area contributed by atoms with Crippen LogP contribution in [0.5, 0.6) is 0 Å². The van der Waals surface area contributed by atoms with E-state index in [4.69, 9.17) is 9.47 Å². The van der Waals surface area contributed by atoms with Gasteiger partial charge in [0.25, 0.3) is 0 Å². The van der Waals surface area contributed by atoms with E-state index in [1.807, 2.05) is 0 Å². The molecule has 5 nitrogen and oxygen atoms in total. The molecular weight excluding hydrogens is 244 g/mol. The average Bonchev–Trinajstić information content (AvgIpc) is 2.83. The highest BCUT2D eigenvalue weighted by Crippen LogP contribution is 2.13. The molecule has 0 radical (unpaired) electrons. The lowest BCUT2D eigenvalue weighted by molar-refractivity contribution is -0.125. The summed E-state index contributed by atoms with van der Waals surface area (Å²) in [5.41, 5.74) is 0. The molecule has 112 valence electrons. The Balaban J connectivity index is 2.17. The molecule has 2 atom stereocenters. The van der Waals surface area contributed by atoms with Gasteiger partial charge in [0.1, 0.15) is 0 Å². The molecule has 1 fully saturated rings. The van der Waals surface area contributed by atoms with Crippen molar-refractivity contribution in [3.63, 3.8) is 0 Å². The third kappa shape index (κ3) is 6.36. The van der Waals surface area contributed by atoms with Crippen LogP contribution in [0.1, 0.15) is 27.2 Å². The van der Waals surface area contributed by atoms with Crippen molar-refractivity contribution in [2.75, 3.05) is 39.5 Å². The van der Waals surface area contributed by atoms with Gasteiger partial charge in [-0.3, -0.25) is 4.79 Å². The third-order valence-electron chi connectivity index (χ3n) is 3.07. The lowest BCUT2D eigenvalue weighted by atomic mass is 10.0. The molecule has 0 aromatic rings. The average molecular weight is 272 g/mol. The van der Waals surface area contributed by atoms with Crippen molar-refractivity contribution in [2.45, 2.75) is 33.2 Å². The zero-order chi connectivity index (χ0) is 14.1. The number of carbonyl (C=O) groups excluding carboxylic acids is 1. The molecule has 1 amide bonds. The Morgan fingerprint density at radius 3 is 2.84 bits per heavy atom. The number of amides is 1. The molecular formula is C14H28N2O3. The summed E-state index contributed by atoms with van der Waals surface area (Å²) in [6, 6.07) is 0.150. The largest absolute Gasteiger partial charge is 0.379 e. The third-order valence-corrected chi connectivity index (χ3v) is 3.07. The van der Waals surface area contributed by atoms with Gasteiger partial charge in [-0.25, -0.2) is 0 Å². The minimum Gasteiger partial charge on any atom is -0.379 e. The molecule has 2 N–H and O–H groups in total. The Morgan fingerprint density at radius 2 is 2.16 bits per heavy atom. The number of rotatable bonds is 9. The van der Waals surface area contributed by atoms with Crippen molar-refractivity contribution in [3.05, 3.63) is 0 Å². The molecule has 1 rings (SSSR count). The summed E-state index contributed by atoms with van der Waals surface area (Å²) < 4.78 is 10.8. The highest BCUT2D eigenvalue weighted by Gasteiger charge is 2.33. The fourth-order valence-electron chi connectivity index (χ4n) is 2.04. The first-order valence-corrected chi connectivity index (χ1v) is 7.31. The van der Waals surface area contributed by atoms with Crippen LogP contribution in [-0.2, 0) is 14.3 Å². The molecule has 0 bridgehead atoms. The van der Waals surface area contributed by atoms with E-state index in [2.05, 4.69) is 31.4 Å². The van der Waals surface area contributed by atoms with E-state index in [1.54, 1.807) is 0 Å². The van der Waals surface area contributed by atoms with Crippen LogP contribution < -0.4 is 10.6 Å². The van der Waals surface area contributed by atoms with Gasteiger partial charge < -0.3 is 20.1 Å². The molecule has 19 heavy (non-hydrogen) atoms. The number of hydrogen-bond donors (Lipinski definition) is 2. The summed E-state index contributed by atoms with van der Waals surface area (Å²) in [7, 11) is 0. The van der Waals surface area contributed by atoms with E-state index in [1.165, 1.54) is 0 Å². The number of ether oxygens (including phenoxy) is 2. The molecule has 2 unspecified atom stereocenters. The van der Waals surface area contributed by atoms with Crippen molar-refractivity contribution in [1.29, 1.82) is 0 Å². The van der Waals surface area contributed by atoms with Gasteiger partial charge in [-0.1, -0.05) is 20.8 Å². The van der Waals surface area contributed by atoms with Gasteiger partial charge in [0.2, 0.25) is 5.91 Å². The molecule has 5 heteroatoms. The lowest BCUT2D eigenvalue weighted by Crippen LogP contribution is -2.44. The number of carbonyl (C=O) groups is 1. The van der Waals surface area contributed by atoms with Crippen molar-refractivity contribution in [2.24, 2.45) is 11.8 Å². The second-order valence-electron chi connectivity index (χ2n) is 5.46. The van der Waals surface area contributed by atoms with Gasteiger partial charge in [0, 0.05) is 19.2 Å². The molecule has 1 saturated heterocycles. The van der Waals surface area contributed by atoms with Gasteiger partial charge in [0.15, 0.2) is 0 Å². The first-order chi connectivity index (χ1) is 9.15. The standard InChI is InChI=1S/C14H28N2O3/c1-4-5-15-13-10-19-9-12(13)14(17)16-6-7-18-8-11(2)3/h11-13,15H,4-10H2,1-3H3,(H,16,17). The van der Waals surface area contributed by atoms with Crippen molar-refractivity contribution in [1.82, 2.24) is 10.6 Å². The molecule has 1 heterocycles. The Hall–Kier alpha value is -0.650. The molecule has 0 saturated carbocycles. The highest BCUT2D eigenvalue weighted by molar-refractivity contribution is 5.79. The van der Waals surface area contributed by atoms with Crippen molar-refractivity contribution < 1.29 is 14.3 Å². The van der Waals surface area contributed by atoms with E-state index in [9.17, 15) is 4.79 Å². The van der Waals surface area contributed by atoms with Gasteiger partial charge in [-0.2, -0.15) is 0 Å². The number of hydrogen-bond acceptors (Lipinski definition) is 4. The van der Waals surface area contributed by atoms with Crippen molar-refractivity contribution >= 4 is 5.91 Å². The molecule has 0 aliphatic carbocycles. The molecule has 0 aromatic heterocycles. The van der Waals surface area contributed by atoms with E-state index < -0.39 is 0 Å². The quantitative estimate of drug-likeness (QED) is 0.609. The van der Waals surface area contributed by atoms with Gasteiger partial charge in [-0.05, 0) is 18.9 Å². The zero-order valence-electron chi connectivity index (χ0n) is 12.4. The zero-order valence-corrected chi connectivity index (χ0v) is 12.4. The summed E-state index contributed by atoms with van der Waals surface area (Å²) in [6.45, 7) is 10.3. The molecule has 0 spiro atoms. The van der Waals surface area contributed by atoms with Gasteiger partial charge in [0.05, 0.1) is 25.7 Å². The number of nitrogens with one attached hydrogen (secondary N) is 2. The second-order valence-corrected chi connectivity index (χ2v) is 5.46. The topological polar surface area (TPSA) is 59.6 Å². The van der Waals surface area contributed by atoms with Crippen LogP contribution >= 0.6 is 0 Å². The van der Waals surface area contributed by atoms with Crippen LogP contribution in [0.2, 0.25) is 0 Å². The maximum absolute atomic E-state index is 12.0. The molecule has 0 aromatic carbocycles. The smallest absolute Gasteiger partial charge is 0.227 e. The van der Waals surface area contributed by atoms with Crippen molar-refractivity contribution in [3.8, 4) is 0 Å². The monoisotopic (exact) mass is 272 g/mol. The van der Waals surface area contributed by atoms with E-state index >= 15 is 0 Å². The van der Waals surface area contributed by atoms with Crippen LogP contribution in [0.15, 0.2) is 0 Å². The maximum Gasteiger partial charge on any atom is 0.227 e. The second kappa shape index (κ2) is 9.28. The summed E-state index contributed by atoms with van der Waals surface area (Å²) in [6.07, 6.45) is 1.06. The highest BCUT2D eigenvalue weighted by atomic mass is 16.5. The maximum atomic E-state index is 12.0. The summed E-state index contributed by atoms with van der Waals surface area (Å²) in [5, 5.41) is 6.28. The minimum absolute atomic E-state index is 0.0688. The summed E-state index contributed by atoms with van der Waals surface area (Å²) in [5.74, 6) is 0.525. The lowest BCUT2D eigenvalue weighted by Gasteiger charge is -2.18. The Bertz CT molecular complexity index is 259. The Kier molecular flexibility index (Phi) is 8.02. The van der Waals surface area contributed by atoms with Crippen LogP contribution in [0.3, 0.4) is 0 Å². The SMILES string of the molecule is CCCNC1COCC1C(=O)NCCOCC(C)C. The minimum atomic E-state index is -0.0725. The fourth-order valence-corrected chi connectivity index (χ4v) is 2.04. The normalized spacial score (nSPS) is 22.9. The predicted octanol–water partition coefficient (Wildman–Crippen LogP) is 0.790. The van der Waals surface area contributed by atoms with Gasteiger partial charge in [-0.15, -0.1) is 0 Å². The van der Waals surface area contributed by atoms with Crippen LogP contribution in [0.4, 0.5) is 0 Å². The van der Waals surface area contributed by atoms with E-state index in [0.717, 1.165) is 19.6 Å². The van der Waals surface area contributed by atoms with Crippen LogP contribution in [0.25, 0.3) is 0 Å². The van der Waals surface area contributed by atoms with E-state index in [0.29, 0.717) is 32.3 Å². The summed E-state index contributed by atoms with van der Waals surface area (Å²) >= 11 is 0. The van der Waals surface area contributed by atoms with Crippen LogP contribution in [-0.4, -0.2) is 51.5 Å². The Labute approximate surface area is 116 Å². The van der Waals surface area contributed by atoms with Crippen LogP contribution in [0, 0.1) is 11.8 Å². The summed E-state index contributed by atoms with van der Waals surface area (Å²) in [4.78, 5) is 12.0. The fraction of sp³-hybridized carbons (Fsp3) is 0.929. The molecule has 1 aliphatic heterocycles. The predicted molar refractivity (Wildman–Crippen MR) is 75.1 cm³/mol. The Morgan fingerprint density at radius 1 is 1.37 bits per heavy atom. The van der Waals surface area contributed by atoms with E-state index in [-0.39, 0.29) is 17.9 Å².